The summed E-state index contributed by atoms with van der Waals surface area (Å²) in [6.07, 6.45) is -5.30. The van der Waals surface area contributed by atoms with Gasteiger partial charge in [0.2, 0.25) is 5.91 Å². The summed E-state index contributed by atoms with van der Waals surface area (Å²) in [5.41, 5.74) is 4.81. The van der Waals surface area contributed by atoms with Crippen LogP contribution in [0.25, 0.3) is 0 Å². The number of nitrogens with two attached hydrogens (primary N) is 1. The number of nitrogens with zero attached hydrogens (tertiary/aromatic N) is 1. The van der Waals surface area contributed by atoms with Crippen molar-refractivity contribution in [1.29, 1.82) is 0 Å². The third kappa shape index (κ3) is 3.56. The van der Waals surface area contributed by atoms with E-state index >= 15 is 0 Å². The number of carbonyl (C=O) groups excluding carboxylic acids is 2. The molecule has 3 N–H and O–H groups in total. The predicted octanol–water partition coefficient (Wildman–Crippen LogP) is 0.250. The summed E-state index contributed by atoms with van der Waals surface area (Å²) in [6.45, 7) is -0.380. The standard InChI is InChI=1S/C10H14F5N3O2/c11-9(12,10(13,14)15)8(20)18(5-7(16)19)6-2-1-3-17-4-6/h6,17H,1-5H2,(H2,16,19). The van der Waals surface area contributed by atoms with Gasteiger partial charge in [0.25, 0.3) is 0 Å². The van der Waals surface area contributed by atoms with Gasteiger partial charge in [0.15, 0.2) is 0 Å². The Hall–Kier alpha value is -1.45. The Labute approximate surface area is 111 Å². The van der Waals surface area contributed by atoms with Crippen molar-refractivity contribution in [3.8, 4) is 0 Å². The van der Waals surface area contributed by atoms with Gasteiger partial charge in [-0.1, -0.05) is 0 Å². The number of amides is 2. The highest BCUT2D eigenvalue weighted by atomic mass is 19.4. The maximum absolute atomic E-state index is 13.1. The van der Waals surface area contributed by atoms with Gasteiger partial charge in [0.05, 0.1) is 6.54 Å². The lowest BCUT2D eigenvalue weighted by Gasteiger charge is -2.36. The number of primary amides is 1. The van der Waals surface area contributed by atoms with Crippen molar-refractivity contribution in [2.24, 2.45) is 5.73 Å². The summed E-state index contributed by atoms with van der Waals surface area (Å²) in [4.78, 5) is 22.5. The molecule has 0 radical (unpaired) electrons. The molecular weight excluding hydrogens is 289 g/mol. The van der Waals surface area contributed by atoms with E-state index in [0.29, 0.717) is 13.0 Å². The van der Waals surface area contributed by atoms with Gasteiger partial charge in [-0.15, -0.1) is 0 Å². The van der Waals surface area contributed by atoms with E-state index in [1.807, 2.05) is 0 Å². The Morgan fingerprint density at radius 2 is 1.85 bits per heavy atom. The molecule has 1 atom stereocenters. The second-order valence-corrected chi connectivity index (χ2v) is 4.47. The average molecular weight is 303 g/mol. The Bertz CT molecular complexity index is 380. The summed E-state index contributed by atoms with van der Waals surface area (Å²) in [5, 5.41) is 2.76. The van der Waals surface area contributed by atoms with Crippen LogP contribution in [0.15, 0.2) is 0 Å². The summed E-state index contributed by atoms with van der Waals surface area (Å²) < 4.78 is 62.8. The van der Waals surface area contributed by atoms with Gasteiger partial charge in [-0.25, -0.2) is 0 Å². The van der Waals surface area contributed by atoms with Crippen molar-refractivity contribution >= 4 is 11.8 Å². The first kappa shape index (κ1) is 16.6. The van der Waals surface area contributed by atoms with E-state index in [1.54, 1.807) is 0 Å². The van der Waals surface area contributed by atoms with Crippen LogP contribution in [-0.2, 0) is 9.59 Å². The molecular formula is C10H14F5N3O2. The molecule has 1 aliphatic heterocycles. The SMILES string of the molecule is NC(=O)CN(C(=O)C(F)(F)C(F)(F)F)C1CCCNC1. The zero-order valence-corrected chi connectivity index (χ0v) is 10.3. The van der Waals surface area contributed by atoms with Crippen LogP contribution in [-0.4, -0.2) is 54.5 Å². The maximum atomic E-state index is 13.1. The Balaban J connectivity index is 2.97. The van der Waals surface area contributed by atoms with Crippen LogP contribution in [0, 0.1) is 0 Å². The summed E-state index contributed by atoms with van der Waals surface area (Å²) >= 11 is 0. The lowest BCUT2D eigenvalue weighted by molar-refractivity contribution is -0.275. The van der Waals surface area contributed by atoms with Crippen LogP contribution in [0.5, 0.6) is 0 Å². The molecule has 1 unspecified atom stereocenters. The van der Waals surface area contributed by atoms with E-state index in [2.05, 4.69) is 5.32 Å². The molecule has 1 rings (SSSR count). The number of nitrogens with one attached hydrogen (secondary N) is 1. The van der Waals surface area contributed by atoms with Crippen molar-refractivity contribution in [2.45, 2.75) is 31.0 Å². The Morgan fingerprint density at radius 3 is 2.25 bits per heavy atom. The van der Waals surface area contributed by atoms with E-state index < -0.39 is 36.5 Å². The highest BCUT2D eigenvalue weighted by molar-refractivity contribution is 5.89. The highest BCUT2D eigenvalue weighted by Gasteiger charge is 2.65. The van der Waals surface area contributed by atoms with Crippen LogP contribution in [0.3, 0.4) is 0 Å². The molecule has 116 valence electrons. The number of hydrogen-bond donors (Lipinski definition) is 2. The fourth-order valence-corrected chi connectivity index (χ4v) is 1.94. The number of halogens is 5. The zero-order valence-electron chi connectivity index (χ0n) is 10.3. The third-order valence-corrected chi connectivity index (χ3v) is 2.92. The number of carbonyl (C=O) groups is 2. The molecule has 1 fully saturated rings. The Kier molecular flexibility index (Phi) is 4.90. The van der Waals surface area contributed by atoms with Gasteiger partial charge >= 0.3 is 18.0 Å². The lowest BCUT2D eigenvalue weighted by atomic mass is 10.0. The molecule has 0 spiro atoms. The largest absolute Gasteiger partial charge is 0.463 e. The molecule has 2 amide bonds. The molecule has 1 aliphatic rings. The van der Waals surface area contributed by atoms with E-state index in [0.717, 1.165) is 0 Å². The first-order chi connectivity index (χ1) is 9.07. The number of rotatable bonds is 4. The van der Waals surface area contributed by atoms with Gasteiger partial charge in [-0.2, -0.15) is 22.0 Å². The molecule has 1 saturated heterocycles. The van der Waals surface area contributed by atoms with Crippen LogP contribution < -0.4 is 11.1 Å². The lowest BCUT2D eigenvalue weighted by Crippen LogP contribution is -2.59. The van der Waals surface area contributed by atoms with Gasteiger partial charge in [-0.05, 0) is 19.4 Å². The van der Waals surface area contributed by atoms with Crippen molar-refractivity contribution in [2.75, 3.05) is 19.6 Å². The van der Waals surface area contributed by atoms with Crippen LogP contribution >= 0.6 is 0 Å². The third-order valence-electron chi connectivity index (χ3n) is 2.92. The molecule has 0 aliphatic carbocycles. The molecule has 1 heterocycles. The predicted molar refractivity (Wildman–Crippen MR) is 57.8 cm³/mol. The topological polar surface area (TPSA) is 75.4 Å². The fourth-order valence-electron chi connectivity index (χ4n) is 1.94. The monoisotopic (exact) mass is 303 g/mol. The number of piperidine rings is 1. The smallest absolute Gasteiger partial charge is 0.368 e. The molecule has 20 heavy (non-hydrogen) atoms. The quantitative estimate of drug-likeness (QED) is 0.731. The molecule has 0 aromatic carbocycles. The second kappa shape index (κ2) is 5.90. The summed E-state index contributed by atoms with van der Waals surface area (Å²) in [7, 11) is 0. The minimum absolute atomic E-state index is 0.0347. The average Bonchev–Trinajstić information content (AvgIpc) is 2.34. The normalized spacial score (nSPS) is 20.6. The summed E-state index contributed by atoms with van der Waals surface area (Å²) in [6, 6.07) is -0.919. The van der Waals surface area contributed by atoms with Crippen molar-refractivity contribution in [1.82, 2.24) is 10.2 Å². The zero-order chi connectivity index (χ0) is 15.6. The van der Waals surface area contributed by atoms with Crippen LogP contribution in [0.4, 0.5) is 22.0 Å². The van der Waals surface area contributed by atoms with Crippen LogP contribution in [0.2, 0.25) is 0 Å². The van der Waals surface area contributed by atoms with Gasteiger partial charge in [0.1, 0.15) is 0 Å². The molecule has 5 nitrogen and oxygen atoms in total. The van der Waals surface area contributed by atoms with Crippen molar-refractivity contribution in [3.63, 3.8) is 0 Å². The minimum atomic E-state index is -6.01. The molecule has 0 aromatic heterocycles. The molecule has 10 heteroatoms. The van der Waals surface area contributed by atoms with Crippen molar-refractivity contribution < 1.29 is 31.5 Å². The molecule has 0 bridgehead atoms. The first-order valence-corrected chi connectivity index (χ1v) is 5.82. The van der Waals surface area contributed by atoms with E-state index in [1.165, 1.54) is 0 Å². The molecule has 0 saturated carbocycles. The minimum Gasteiger partial charge on any atom is -0.368 e. The van der Waals surface area contributed by atoms with E-state index in [4.69, 9.17) is 5.73 Å². The van der Waals surface area contributed by atoms with E-state index in [-0.39, 0.29) is 17.9 Å². The first-order valence-electron chi connectivity index (χ1n) is 5.82. The second-order valence-electron chi connectivity index (χ2n) is 4.47. The highest BCUT2D eigenvalue weighted by Crippen LogP contribution is 2.37. The van der Waals surface area contributed by atoms with Gasteiger partial charge < -0.3 is 16.0 Å². The number of hydrogen-bond acceptors (Lipinski definition) is 3. The fraction of sp³-hybridized carbons (Fsp3) is 0.800. The van der Waals surface area contributed by atoms with Crippen molar-refractivity contribution in [3.05, 3.63) is 0 Å². The summed E-state index contributed by atoms with van der Waals surface area (Å²) in [5.74, 6) is -9.14. The Morgan fingerprint density at radius 1 is 1.25 bits per heavy atom. The molecule has 0 aromatic rings. The van der Waals surface area contributed by atoms with Gasteiger partial charge in [0, 0.05) is 12.6 Å². The van der Waals surface area contributed by atoms with Crippen LogP contribution in [0.1, 0.15) is 12.8 Å². The van der Waals surface area contributed by atoms with Gasteiger partial charge in [-0.3, -0.25) is 9.59 Å². The maximum Gasteiger partial charge on any atom is 0.463 e. The van der Waals surface area contributed by atoms with E-state index in [9.17, 15) is 31.5 Å². The number of alkyl halides is 5.